The summed E-state index contributed by atoms with van der Waals surface area (Å²) < 4.78 is 2.06. The lowest BCUT2D eigenvalue weighted by Gasteiger charge is -2.23. The van der Waals surface area contributed by atoms with Gasteiger partial charge in [0.2, 0.25) is 0 Å². The lowest BCUT2D eigenvalue weighted by molar-refractivity contribution is 0.339. The molecule has 2 heterocycles. The SMILES string of the molecule is Clc1cccc2n[c]n(CC3CCCNC3)c12. The van der Waals surface area contributed by atoms with Gasteiger partial charge in [-0.1, -0.05) is 17.7 Å². The Morgan fingerprint density at radius 2 is 2.47 bits per heavy atom. The van der Waals surface area contributed by atoms with E-state index in [1.807, 2.05) is 18.2 Å². The van der Waals surface area contributed by atoms with Crippen LogP contribution in [-0.2, 0) is 6.54 Å². The van der Waals surface area contributed by atoms with Gasteiger partial charge in [0.25, 0.3) is 0 Å². The zero-order valence-corrected chi connectivity index (χ0v) is 10.4. The van der Waals surface area contributed by atoms with Crippen LogP contribution in [0.3, 0.4) is 0 Å². The highest BCUT2D eigenvalue weighted by atomic mass is 35.5. The van der Waals surface area contributed by atoms with Crippen LogP contribution in [0.15, 0.2) is 18.2 Å². The Balaban J connectivity index is 1.89. The van der Waals surface area contributed by atoms with Crippen molar-refractivity contribution in [2.75, 3.05) is 13.1 Å². The molecule has 1 fully saturated rings. The molecule has 0 bridgehead atoms. The topological polar surface area (TPSA) is 29.9 Å². The average Bonchev–Trinajstić information content (AvgIpc) is 2.75. The van der Waals surface area contributed by atoms with E-state index in [4.69, 9.17) is 11.6 Å². The van der Waals surface area contributed by atoms with Gasteiger partial charge in [0.05, 0.1) is 16.1 Å². The third kappa shape index (κ3) is 2.17. The van der Waals surface area contributed by atoms with Crippen LogP contribution in [0.25, 0.3) is 11.0 Å². The summed E-state index contributed by atoms with van der Waals surface area (Å²) in [5, 5.41) is 4.19. The van der Waals surface area contributed by atoms with Crippen molar-refractivity contribution in [2.45, 2.75) is 19.4 Å². The molecule has 1 aliphatic heterocycles. The Morgan fingerprint density at radius 1 is 1.53 bits per heavy atom. The number of aromatic nitrogens is 2. The average molecular weight is 249 g/mol. The van der Waals surface area contributed by atoms with Gasteiger partial charge in [0.1, 0.15) is 0 Å². The van der Waals surface area contributed by atoms with Gasteiger partial charge in [0.15, 0.2) is 6.33 Å². The monoisotopic (exact) mass is 248 g/mol. The Bertz CT molecular complexity index is 514. The number of para-hydroxylation sites is 1. The van der Waals surface area contributed by atoms with Crippen molar-refractivity contribution in [2.24, 2.45) is 5.92 Å². The van der Waals surface area contributed by atoms with Crippen LogP contribution in [0.1, 0.15) is 12.8 Å². The lowest BCUT2D eigenvalue weighted by atomic mass is 10.00. The number of halogens is 1. The molecule has 1 unspecified atom stereocenters. The minimum Gasteiger partial charge on any atom is -0.320 e. The summed E-state index contributed by atoms with van der Waals surface area (Å²) in [6, 6.07) is 5.82. The van der Waals surface area contributed by atoms with E-state index in [0.29, 0.717) is 5.92 Å². The second-order valence-corrected chi connectivity index (χ2v) is 5.05. The summed E-state index contributed by atoms with van der Waals surface area (Å²) in [4.78, 5) is 4.28. The Labute approximate surface area is 106 Å². The van der Waals surface area contributed by atoms with Crippen LogP contribution in [0.5, 0.6) is 0 Å². The van der Waals surface area contributed by atoms with Gasteiger partial charge in [-0.05, 0) is 44.0 Å². The molecule has 3 nitrogen and oxygen atoms in total. The molecule has 1 saturated heterocycles. The van der Waals surface area contributed by atoms with Crippen molar-refractivity contribution in [1.82, 2.24) is 14.9 Å². The molecule has 1 aliphatic rings. The van der Waals surface area contributed by atoms with Gasteiger partial charge in [0, 0.05) is 6.54 Å². The van der Waals surface area contributed by atoms with E-state index in [1.165, 1.54) is 12.8 Å². The van der Waals surface area contributed by atoms with Crippen molar-refractivity contribution in [3.8, 4) is 0 Å². The van der Waals surface area contributed by atoms with Crippen molar-refractivity contribution in [3.05, 3.63) is 29.5 Å². The predicted molar refractivity (Wildman–Crippen MR) is 69.2 cm³/mol. The molecule has 1 radical (unpaired) electrons. The fourth-order valence-corrected chi connectivity index (χ4v) is 2.77. The van der Waals surface area contributed by atoms with Crippen LogP contribution in [0, 0.1) is 12.2 Å². The van der Waals surface area contributed by atoms with Crippen LogP contribution in [0.2, 0.25) is 5.02 Å². The van der Waals surface area contributed by atoms with Gasteiger partial charge in [-0.15, -0.1) is 0 Å². The number of piperidine rings is 1. The molecule has 1 N–H and O–H groups in total. The first-order valence-corrected chi connectivity index (χ1v) is 6.45. The zero-order chi connectivity index (χ0) is 11.7. The summed E-state index contributed by atoms with van der Waals surface area (Å²) in [5.74, 6) is 0.661. The maximum Gasteiger partial charge on any atom is 0.177 e. The highest BCUT2D eigenvalue weighted by Gasteiger charge is 2.15. The number of benzene rings is 1. The van der Waals surface area contributed by atoms with Crippen LogP contribution >= 0.6 is 11.6 Å². The molecule has 1 aromatic heterocycles. The number of hydrogen-bond acceptors (Lipinski definition) is 2. The van der Waals surface area contributed by atoms with Crippen molar-refractivity contribution in [3.63, 3.8) is 0 Å². The van der Waals surface area contributed by atoms with Gasteiger partial charge in [-0.3, -0.25) is 0 Å². The van der Waals surface area contributed by atoms with E-state index < -0.39 is 0 Å². The molecular formula is C13H15ClN3. The van der Waals surface area contributed by atoms with Gasteiger partial charge in [-0.25, -0.2) is 4.98 Å². The second-order valence-electron chi connectivity index (χ2n) is 4.64. The summed E-state index contributed by atoms with van der Waals surface area (Å²) in [7, 11) is 0. The summed E-state index contributed by atoms with van der Waals surface area (Å²) in [5.41, 5.74) is 1.95. The summed E-state index contributed by atoms with van der Waals surface area (Å²) in [6.07, 6.45) is 5.58. The van der Waals surface area contributed by atoms with Crippen molar-refractivity contribution in [1.29, 1.82) is 0 Å². The first kappa shape index (κ1) is 11.1. The zero-order valence-electron chi connectivity index (χ0n) is 9.62. The predicted octanol–water partition coefficient (Wildman–Crippen LogP) is 2.49. The molecule has 3 rings (SSSR count). The maximum atomic E-state index is 6.22. The van der Waals surface area contributed by atoms with Crippen molar-refractivity contribution >= 4 is 22.6 Å². The number of rotatable bonds is 2. The molecule has 0 aliphatic carbocycles. The van der Waals surface area contributed by atoms with E-state index in [1.54, 1.807) is 0 Å². The van der Waals surface area contributed by atoms with E-state index in [-0.39, 0.29) is 0 Å². The first-order valence-electron chi connectivity index (χ1n) is 6.08. The Morgan fingerprint density at radius 3 is 3.29 bits per heavy atom. The molecule has 0 spiro atoms. The van der Waals surface area contributed by atoms with Gasteiger partial charge < -0.3 is 9.88 Å². The number of fused-ring (bicyclic) bond motifs is 1. The summed E-state index contributed by atoms with van der Waals surface area (Å²) >= 11 is 6.22. The van der Waals surface area contributed by atoms with Crippen LogP contribution in [0.4, 0.5) is 0 Å². The smallest absolute Gasteiger partial charge is 0.177 e. The molecule has 1 atom stereocenters. The molecule has 2 aromatic rings. The number of nitrogens with one attached hydrogen (secondary N) is 1. The minimum atomic E-state index is 0.661. The fraction of sp³-hybridized carbons (Fsp3) is 0.462. The molecule has 0 amide bonds. The third-order valence-corrected chi connectivity index (χ3v) is 3.67. The normalized spacial score (nSPS) is 20.9. The summed E-state index contributed by atoms with van der Waals surface area (Å²) in [6.45, 7) is 3.18. The molecule has 1 aromatic carbocycles. The lowest BCUT2D eigenvalue weighted by Crippen LogP contribution is -2.32. The number of imidazole rings is 1. The van der Waals surface area contributed by atoms with E-state index in [0.717, 1.165) is 35.7 Å². The standard InChI is InChI=1S/C13H15ClN3/c14-11-4-1-5-12-13(11)17(9-16-12)8-10-3-2-6-15-7-10/h1,4-5,10,15H,2-3,6-8H2. The molecule has 17 heavy (non-hydrogen) atoms. The van der Waals surface area contributed by atoms with E-state index in [9.17, 15) is 0 Å². The third-order valence-electron chi connectivity index (χ3n) is 3.37. The quantitative estimate of drug-likeness (QED) is 0.885. The van der Waals surface area contributed by atoms with Crippen LogP contribution < -0.4 is 5.32 Å². The van der Waals surface area contributed by atoms with Crippen molar-refractivity contribution < 1.29 is 0 Å². The van der Waals surface area contributed by atoms with E-state index in [2.05, 4.69) is 21.2 Å². The minimum absolute atomic E-state index is 0.661. The van der Waals surface area contributed by atoms with E-state index >= 15 is 0 Å². The first-order chi connectivity index (χ1) is 8.34. The maximum absolute atomic E-state index is 6.22. The van der Waals surface area contributed by atoms with Gasteiger partial charge >= 0.3 is 0 Å². The molecule has 0 saturated carbocycles. The second kappa shape index (κ2) is 4.67. The number of nitrogens with zero attached hydrogens (tertiary/aromatic N) is 2. The Hall–Kier alpha value is -1.06. The fourth-order valence-electron chi connectivity index (χ4n) is 2.50. The number of hydrogen-bond donors (Lipinski definition) is 1. The van der Waals surface area contributed by atoms with Crippen LogP contribution in [-0.4, -0.2) is 22.6 Å². The Kier molecular flexibility index (Phi) is 3.04. The highest BCUT2D eigenvalue weighted by molar-refractivity contribution is 6.34. The molecular weight excluding hydrogens is 234 g/mol. The molecule has 4 heteroatoms. The molecule has 89 valence electrons. The largest absolute Gasteiger partial charge is 0.320 e. The van der Waals surface area contributed by atoms with Gasteiger partial charge in [-0.2, -0.15) is 0 Å². The highest BCUT2D eigenvalue weighted by Crippen LogP contribution is 2.24.